The van der Waals surface area contributed by atoms with Crippen molar-refractivity contribution < 1.29 is 13.9 Å². The van der Waals surface area contributed by atoms with Crippen molar-refractivity contribution >= 4 is 11.9 Å². The molecular weight excluding hydrogens is 332 g/mol. The summed E-state index contributed by atoms with van der Waals surface area (Å²) in [6.45, 7) is 2.53. The second-order valence-electron chi connectivity index (χ2n) is 6.77. The van der Waals surface area contributed by atoms with Gasteiger partial charge in [-0.15, -0.1) is 0 Å². The molecule has 1 fully saturated rings. The van der Waals surface area contributed by atoms with Crippen molar-refractivity contribution in [1.29, 1.82) is 0 Å². The molecule has 1 atom stereocenters. The van der Waals surface area contributed by atoms with E-state index in [9.17, 15) is 4.79 Å². The Kier molecular flexibility index (Phi) is 9.03. The van der Waals surface area contributed by atoms with Crippen molar-refractivity contribution in [3.8, 4) is 0 Å². The zero-order valence-electron chi connectivity index (χ0n) is 16.0. The fourth-order valence-electron chi connectivity index (χ4n) is 2.79. The minimum absolute atomic E-state index is 0.0206. The Morgan fingerprint density at radius 3 is 2.85 bits per heavy atom. The van der Waals surface area contributed by atoms with E-state index in [4.69, 9.17) is 9.15 Å². The molecule has 0 aliphatic carbocycles. The van der Waals surface area contributed by atoms with Crippen LogP contribution in [0, 0.1) is 0 Å². The molecule has 2 N–H and O–H groups in total. The molecule has 1 unspecified atom stereocenters. The molecule has 1 aliphatic heterocycles. The van der Waals surface area contributed by atoms with E-state index >= 15 is 0 Å². The van der Waals surface area contributed by atoms with Gasteiger partial charge in [0, 0.05) is 40.2 Å². The van der Waals surface area contributed by atoms with Crippen molar-refractivity contribution in [2.45, 2.75) is 44.6 Å². The van der Waals surface area contributed by atoms with Crippen molar-refractivity contribution in [3.63, 3.8) is 0 Å². The maximum Gasteiger partial charge on any atom is 0.243 e. The third-order valence-electron chi connectivity index (χ3n) is 4.38. The second kappa shape index (κ2) is 11.6. The lowest BCUT2D eigenvalue weighted by Gasteiger charge is -2.22. The van der Waals surface area contributed by atoms with E-state index in [1.807, 2.05) is 12.1 Å². The topological polar surface area (TPSA) is 79.1 Å². The number of furan rings is 1. The predicted octanol–water partition coefficient (Wildman–Crippen LogP) is 1.79. The molecule has 2 rings (SSSR count). The summed E-state index contributed by atoms with van der Waals surface area (Å²) in [6.07, 6.45) is 8.54. The van der Waals surface area contributed by atoms with Crippen LogP contribution in [0.5, 0.6) is 0 Å². The molecule has 146 valence electrons. The van der Waals surface area contributed by atoms with Gasteiger partial charge in [-0.3, -0.25) is 4.79 Å². The number of likely N-dealkylation sites (N-methyl/N-ethyl adjacent to an activating group) is 1. The molecule has 1 aromatic rings. The van der Waals surface area contributed by atoms with Crippen molar-refractivity contribution in [1.82, 2.24) is 15.5 Å². The van der Waals surface area contributed by atoms with Gasteiger partial charge in [-0.25, -0.2) is 4.99 Å². The summed E-state index contributed by atoms with van der Waals surface area (Å²) in [7, 11) is 3.47. The van der Waals surface area contributed by atoms with Crippen LogP contribution in [0.25, 0.3) is 0 Å². The summed E-state index contributed by atoms with van der Waals surface area (Å²) < 4.78 is 11.1. The highest BCUT2D eigenvalue weighted by molar-refractivity contribution is 5.84. The molecule has 1 amide bonds. The first-order valence-electron chi connectivity index (χ1n) is 9.51. The Morgan fingerprint density at radius 1 is 1.31 bits per heavy atom. The molecule has 26 heavy (non-hydrogen) atoms. The van der Waals surface area contributed by atoms with Crippen LogP contribution in [0.15, 0.2) is 27.8 Å². The number of hydrogen-bond acceptors (Lipinski definition) is 4. The second-order valence-corrected chi connectivity index (χ2v) is 6.77. The number of guanidine groups is 1. The zero-order chi connectivity index (χ0) is 18.6. The van der Waals surface area contributed by atoms with Crippen molar-refractivity contribution in [2.75, 3.05) is 40.3 Å². The van der Waals surface area contributed by atoms with E-state index in [-0.39, 0.29) is 12.5 Å². The summed E-state index contributed by atoms with van der Waals surface area (Å²) in [5.41, 5.74) is 0. The minimum atomic E-state index is -0.0206. The van der Waals surface area contributed by atoms with Crippen LogP contribution in [0.4, 0.5) is 0 Å². The maximum absolute atomic E-state index is 11.8. The van der Waals surface area contributed by atoms with Gasteiger partial charge in [-0.05, 0) is 44.2 Å². The Bertz CT molecular complexity index is 537. The number of nitrogens with one attached hydrogen (secondary N) is 2. The fraction of sp³-hybridized carbons (Fsp3) is 0.684. The number of carbonyl (C=O) groups excluding carboxylic acids is 1. The first kappa shape index (κ1) is 20.3. The van der Waals surface area contributed by atoms with E-state index in [2.05, 4.69) is 15.6 Å². The number of rotatable bonds is 9. The normalized spacial score (nSPS) is 17.8. The summed E-state index contributed by atoms with van der Waals surface area (Å²) in [6, 6.07) is 3.83. The van der Waals surface area contributed by atoms with E-state index in [0.29, 0.717) is 18.6 Å². The van der Waals surface area contributed by atoms with Crippen LogP contribution in [-0.4, -0.2) is 63.2 Å². The van der Waals surface area contributed by atoms with E-state index in [1.165, 1.54) is 19.3 Å². The summed E-state index contributed by atoms with van der Waals surface area (Å²) >= 11 is 0. The predicted molar refractivity (Wildman–Crippen MR) is 102 cm³/mol. The number of aliphatic imine (C=N–C) groups is 1. The molecule has 0 aromatic carbocycles. The van der Waals surface area contributed by atoms with Crippen LogP contribution < -0.4 is 10.6 Å². The molecule has 0 bridgehead atoms. The molecule has 7 nitrogen and oxygen atoms in total. The molecule has 0 radical (unpaired) electrons. The quantitative estimate of drug-likeness (QED) is 0.397. The molecule has 7 heteroatoms. The molecule has 0 saturated carbocycles. The van der Waals surface area contributed by atoms with Crippen LogP contribution >= 0.6 is 0 Å². The van der Waals surface area contributed by atoms with E-state index in [0.717, 1.165) is 38.2 Å². The van der Waals surface area contributed by atoms with E-state index < -0.39 is 0 Å². The number of hydrogen-bond donors (Lipinski definition) is 2. The summed E-state index contributed by atoms with van der Waals surface area (Å²) in [5, 5.41) is 6.58. The van der Waals surface area contributed by atoms with Crippen LogP contribution in [0.3, 0.4) is 0 Å². The smallest absolute Gasteiger partial charge is 0.243 e. The van der Waals surface area contributed by atoms with Gasteiger partial charge < -0.3 is 24.7 Å². The van der Waals surface area contributed by atoms with Gasteiger partial charge in [-0.1, -0.05) is 0 Å². The van der Waals surface area contributed by atoms with Gasteiger partial charge in [-0.2, -0.15) is 0 Å². The fourth-order valence-corrected chi connectivity index (χ4v) is 2.79. The number of ether oxygens (including phenoxy) is 1. The van der Waals surface area contributed by atoms with Crippen LogP contribution in [0.2, 0.25) is 0 Å². The highest BCUT2D eigenvalue weighted by Gasteiger charge is 2.13. The summed E-state index contributed by atoms with van der Waals surface area (Å²) in [5.74, 6) is 1.57. The largest absolute Gasteiger partial charge is 0.469 e. The SMILES string of the molecule is CN(C)C(=O)CN=C(NCCCC1CCCCO1)NCCc1ccco1. The molecule has 0 spiro atoms. The standard InChI is InChI=1S/C19H32N4O3/c1-23(2)18(24)15-22-19(21-12-10-17-9-6-14-26-17)20-11-5-8-16-7-3-4-13-25-16/h6,9,14,16H,3-5,7-8,10-13,15H2,1-2H3,(H2,20,21,22). The highest BCUT2D eigenvalue weighted by atomic mass is 16.5. The van der Waals surface area contributed by atoms with Crippen molar-refractivity contribution in [3.05, 3.63) is 24.2 Å². The molecule has 1 saturated heterocycles. The number of amides is 1. The number of carbonyl (C=O) groups is 1. The minimum Gasteiger partial charge on any atom is -0.469 e. The van der Waals surface area contributed by atoms with Gasteiger partial charge >= 0.3 is 0 Å². The average molecular weight is 364 g/mol. The third kappa shape index (κ3) is 7.91. The van der Waals surface area contributed by atoms with Crippen molar-refractivity contribution in [2.24, 2.45) is 4.99 Å². The lowest BCUT2D eigenvalue weighted by atomic mass is 10.0. The first-order valence-corrected chi connectivity index (χ1v) is 9.51. The Labute approximate surface area is 156 Å². The Balaban J connectivity index is 1.73. The molecule has 2 heterocycles. The summed E-state index contributed by atoms with van der Waals surface area (Å²) in [4.78, 5) is 17.7. The number of nitrogens with zero attached hydrogens (tertiary/aromatic N) is 2. The van der Waals surface area contributed by atoms with Crippen LogP contribution in [0.1, 0.15) is 37.9 Å². The lowest BCUT2D eigenvalue weighted by molar-refractivity contribution is -0.127. The molecule has 1 aromatic heterocycles. The molecule has 1 aliphatic rings. The Hall–Kier alpha value is -2.02. The maximum atomic E-state index is 11.8. The Morgan fingerprint density at radius 2 is 2.15 bits per heavy atom. The monoisotopic (exact) mass is 364 g/mol. The average Bonchev–Trinajstić information content (AvgIpc) is 3.16. The van der Waals surface area contributed by atoms with Gasteiger partial charge in [0.2, 0.25) is 5.91 Å². The van der Waals surface area contributed by atoms with Gasteiger partial charge in [0.1, 0.15) is 12.3 Å². The first-order chi connectivity index (χ1) is 12.6. The highest BCUT2D eigenvalue weighted by Crippen LogP contribution is 2.16. The van der Waals surface area contributed by atoms with Gasteiger partial charge in [0.25, 0.3) is 0 Å². The third-order valence-corrected chi connectivity index (χ3v) is 4.38. The van der Waals surface area contributed by atoms with Gasteiger partial charge in [0.05, 0.1) is 12.4 Å². The lowest BCUT2D eigenvalue weighted by Crippen LogP contribution is -2.40. The van der Waals surface area contributed by atoms with Crippen LogP contribution in [-0.2, 0) is 16.0 Å². The molecular formula is C19H32N4O3. The zero-order valence-corrected chi connectivity index (χ0v) is 16.0. The van der Waals surface area contributed by atoms with E-state index in [1.54, 1.807) is 25.3 Å². The van der Waals surface area contributed by atoms with Gasteiger partial charge in [0.15, 0.2) is 5.96 Å².